The summed E-state index contributed by atoms with van der Waals surface area (Å²) in [5.74, 6) is -1.16. The molecule has 0 atom stereocenters. The molecule has 0 unspecified atom stereocenters. The van der Waals surface area contributed by atoms with Gasteiger partial charge in [0.2, 0.25) is 0 Å². The van der Waals surface area contributed by atoms with Gasteiger partial charge >= 0.3 is 5.97 Å². The fourth-order valence-electron chi connectivity index (χ4n) is 2.97. The number of aliphatic carboxylic acids is 1. The molecule has 1 amide bonds. The largest absolute Gasteiger partial charge is 0.481 e. The number of carbonyl (C=O) groups is 2. The van der Waals surface area contributed by atoms with Crippen molar-refractivity contribution < 1.29 is 23.8 Å². The highest BCUT2D eigenvalue weighted by Crippen LogP contribution is 2.31. The van der Waals surface area contributed by atoms with E-state index >= 15 is 0 Å². The molecule has 0 spiro atoms. The fraction of sp³-hybridized carbons (Fsp3) is 0.412. The number of carbonyl (C=O) groups excluding carboxylic acids is 1. The quantitative estimate of drug-likeness (QED) is 0.883. The maximum atomic E-state index is 12.5. The van der Waals surface area contributed by atoms with E-state index in [1.807, 2.05) is 0 Å². The van der Waals surface area contributed by atoms with Crippen LogP contribution >= 0.6 is 11.6 Å². The second-order valence-corrected chi connectivity index (χ2v) is 6.51. The van der Waals surface area contributed by atoms with Gasteiger partial charge in [-0.15, -0.1) is 0 Å². The molecule has 24 heavy (non-hydrogen) atoms. The van der Waals surface area contributed by atoms with Gasteiger partial charge in [-0.3, -0.25) is 9.59 Å². The van der Waals surface area contributed by atoms with Gasteiger partial charge in [0.05, 0.1) is 5.41 Å². The summed E-state index contributed by atoms with van der Waals surface area (Å²) in [6, 6.07) is 5.14. The van der Waals surface area contributed by atoms with E-state index in [4.69, 9.17) is 20.8 Å². The van der Waals surface area contributed by atoms with Crippen LogP contribution in [0.2, 0.25) is 5.02 Å². The molecular formula is C17H18ClNO5. The zero-order valence-electron chi connectivity index (χ0n) is 13.2. The van der Waals surface area contributed by atoms with E-state index in [1.165, 1.54) is 0 Å². The van der Waals surface area contributed by atoms with E-state index in [2.05, 4.69) is 5.32 Å². The number of carboxylic acids is 1. The van der Waals surface area contributed by atoms with Gasteiger partial charge in [-0.2, -0.15) is 0 Å². The Morgan fingerprint density at radius 2 is 2.04 bits per heavy atom. The number of ether oxygens (including phenoxy) is 1. The average molecular weight is 352 g/mol. The Balaban J connectivity index is 1.80. The number of hydrogen-bond donors (Lipinski definition) is 2. The minimum atomic E-state index is -0.989. The lowest BCUT2D eigenvalue weighted by Crippen LogP contribution is -2.46. The minimum absolute atomic E-state index is 0.0434. The van der Waals surface area contributed by atoms with E-state index in [9.17, 15) is 14.7 Å². The second kappa shape index (κ2) is 6.45. The molecular weight excluding hydrogens is 334 g/mol. The number of hydrogen-bond acceptors (Lipinski definition) is 4. The number of rotatable bonds is 4. The van der Waals surface area contributed by atoms with Gasteiger partial charge in [-0.25, -0.2) is 0 Å². The Labute approximate surface area is 143 Å². The van der Waals surface area contributed by atoms with Gasteiger partial charge in [-0.1, -0.05) is 11.6 Å². The number of nitrogens with one attached hydrogen (secondary N) is 1. The summed E-state index contributed by atoms with van der Waals surface area (Å²) in [5.41, 5.74) is 0.263. The van der Waals surface area contributed by atoms with Crippen LogP contribution in [0.15, 0.2) is 22.6 Å². The molecule has 1 aromatic heterocycles. The van der Waals surface area contributed by atoms with Crippen molar-refractivity contribution in [3.63, 3.8) is 0 Å². The van der Waals surface area contributed by atoms with E-state index in [-0.39, 0.29) is 12.3 Å². The van der Waals surface area contributed by atoms with E-state index in [0.29, 0.717) is 42.2 Å². The highest BCUT2D eigenvalue weighted by atomic mass is 35.5. The van der Waals surface area contributed by atoms with Gasteiger partial charge in [0, 0.05) is 35.7 Å². The molecule has 2 N–H and O–H groups in total. The summed E-state index contributed by atoms with van der Waals surface area (Å²) in [6.07, 6.45) is 0.745. The van der Waals surface area contributed by atoms with Crippen molar-refractivity contribution >= 4 is 34.4 Å². The van der Waals surface area contributed by atoms with Crippen LogP contribution in [0, 0.1) is 12.3 Å². The van der Waals surface area contributed by atoms with E-state index < -0.39 is 17.3 Å². The van der Waals surface area contributed by atoms with Gasteiger partial charge in [-0.05, 0) is 38.0 Å². The molecule has 128 valence electrons. The molecule has 0 aliphatic carbocycles. The molecule has 7 heteroatoms. The molecule has 1 aliphatic rings. The first-order chi connectivity index (χ1) is 11.4. The zero-order chi connectivity index (χ0) is 17.3. The summed E-state index contributed by atoms with van der Waals surface area (Å²) in [5, 5.41) is 13.6. The van der Waals surface area contributed by atoms with Crippen LogP contribution in [0.25, 0.3) is 11.0 Å². The molecule has 1 saturated heterocycles. The van der Waals surface area contributed by atoms with Crippen molar-refractivity contribution in [1.82, 2.24) is 5.32 Å². The van der Waals surface area contributed by atoms with Crippen molar-refractivity contribution in [3.05, 3.63) is 34.5 Å². The zero-order valence-corrected chi connectivity index (χ0v) is 14.0. The Hall–Kier alpha value is -2.05. The molecule has 2 aromatic rings. The normalized spacial score (nSPS) is 16.9. The molecule has 0 radical (unpaired) electrons. The molecule has 2 heterocycles. The van der Waals surface area contributed by atoms with Crippen molar-refractivity contribution in [1.29, 1.82) is 0 Å². The van der Waals surface area contributed by atoms with Crippen LogP contribution in [-0.2, 0) is 9.53 Å². The number of fused-ring (bicyclic) bond motifs is 1. The lowest BCUT2D eigenvalue weighted by atomic mass is 9.80. The summed E-state index contributed by atoms with van der Waals surface area (Å²) >= 11 is 5.98. The molecule has 1 aromatic carbocycles. The molecule has 1 aliphatic heterocycles. The van der Waals surface area contributed by atoms with Crippen molar-refractivity contribution in [2.45, 2.75) is 19.8 Å². The van der Waals surface area contributed by atoms with Crippen molar-refractivity contribution in [2.24, 2.45) is 5.41 Å². The Kier molecular flexibility index (Phi) is 4.51. The van der Waals surface area contributed by atoms with E-state index in [1.54, 1.807) is 25.1 Å². The predicted octanol–water partition coefficient (Wildman–Crippen LogP) is 3.01. The minimum Gasteiger partial charge on any atom is -0.481 e. The number of halogens is 1. The maximum Gasteiger partial charge on any atom is 0.311 e. The third-order valence-electron chi connectivity index (χ3n) is 4.60. The number of amides is 1. The Morgan fingerprint density at radius 1 is 1.33 bits per heavy atom. The Morgan fingerprint density at radius 3 is 2.71 bits per heavy atom. The van der Waals surface area contributed by atoms with Gasteiger partial charge in [0.1, 0.15) is 5.58 Å². The summed E-state index contributed by atoms with van der Waals surface area (Å²) in [7, 11) is 0. The highest BCUT2D eigenvalue weighted by Gasteiger charge is 2.40. The van der Waals surface area contributed by atoms with Crippen LogP contribution < -0.4 is 5.32 Å². The van der Waals surface area contributed by atoms with Gasteiger partial charge < -0.3 is 19.6 Å². The fourth-order valence-corrected chi connectivity index (χ4v) is 3.14. The molecule has 0 saturated carbocycles. The van der Waals surface area contributed by atoms with Gasteiger partial charge in [0.25, 0.3) is 5.91 Å². The number of aryl methyl sites for hydroxylation is 1. The molecule has 6 nitrogen and oxygen atoms in total. The standard InChI is InChI=1S/C17H18ClNO5/c1-10-12-8-11(18)2-3-13(12)24-14(10)15(20)19-9-17(16(21)22)4-6-23-7-5-17/h2-3,8H,4-7,9H2,1H3,(H,19,20)(H,21,22). The first-order valence-corrected chi connectivity index (χ1v) is 8.09. The van der Waals surface area contributed by atoms with Crippen LogP contribution in [0.3, 0.4) is 0 Å². The van der Waals surface area contributed by atoms with Crippen LogP contribution in [0.1, 0.15) is 29.0 Å². The molecule has 0 bridgehead atoms. The SMILES string of the molecule is Cc1c(C(=O)NCC2(C(=O)O)CCOCC2)oc2ccc(Cl)cc12. The lowest BCUT2D eigenvalue weighted by molar-refractivity contribution is -0.154. The lowest BCUT2D eigenvalue weighted by Gasteiger charge is -2.32. The number of benzene rings is 1. The topological polar surface area (TPSA) is 88.8 Å². The smallest absolute Gasteiger partial charge is 0.311 e. The first kappa shape index (κ1) is 16.8. The molecule has 3 rings (SSSR count). The van der Waals surface area contributed by atoms with Crippen molar-refractivity contribution in [2.75, 3.05) is 19.8 Å². The third-order valence-corrected chi connectivity index (χ3v) is 4.83. The number of furan rings is 1. The van der Waals surface area contributed by atoms with Crippen LogP contribution in [0.5, 0.6) is 0 Å². The average Bonchev–Trinajstić information content (AvgIpc) is 2.90. The number of carboxylic acid groups (broad SMARTS) is 1. The second-order valence-electron chi connectivity index (χ2n) is 6.08. The maximum absolute atomic E-state index is 12.5. The highest BCUT2D eigenvalue weighted by molar-refractivity contribution is 6.31. The summed E-state index contributed by atoms with van der Waals surface area (Å²) in [6.45, 7) is 2.58. The third kappa shape index (κ3) is 2.99. The van der Waals surface area contributed by atoms with Crippen LogP contribution in [0.4, 0.5) is 0 Å². The first-order valence-electron chi connectivity index (χ1n) is 7.71. The van der Waals surface area contributed by atoms with Gasteiger partial charge in [0.15, 0.2) is 5.76 Å². The Bertz CT molecular complexity index is 792. The monoisotopic (exact) mass is 351 g/mol. The van der Waals surface area contributed by atoms with Crippen LogP contribution in [-0.4, -0.2) is 36.7 Å². The molecule has 1 fully saturated rings. The van der Waals surface area contributed by atoms with E-state index in [0.717, 1.165) is 5.39 Å². The summed E-state index contributed by atoms with van der Waals surface area (Å²) in [4.78, 5) is 24.1. The predicted molar refractivity (Wildman–Crippen MR) is 88.4 cm³/mol. The van der Waals surface area contributed by atoms with Crippen molar-refractivity contribution in [3.8, 4) is 0 Å². The summed E-state index contributed by atoms with van der Waals surface area (Å²) < 4.78 is 10.8.